The maximum Gasteiger partial charge on any atom is 0.258 e. The molecule has 0 aliphatic carbocycles. The Labute approximate surface area is 146 Å². The first-order valence-corrected chi connectivity index (χ1v) is 9.34. The molecule has 1 amide bonds. The summed E-state index contributed by atoms with van der Waals surface area (Å²) in [7, 11) is 0. The van der Waals surface area contributed by atoms with Gasteiger partial charge in [-0.1, -0.05) is 26.0 Å². The summed E-state index contributed by atoms with van der Waals surface area (Å²) in [4.78, 5) is 33.2. The second kappa shape index (κ2) is 9.44. The van der Waals surface area contributed by atoms with Crippen LogP contribution in [0.25, 0.3) is 10.9 Å². The van der Waals surface area contributed by atoms with Gasteiger partial charge >= 0.3 is 0 Å². The number of hydrogen-bond donors (Lipinski definition) is 2. The highest BCUT2D eigenvalue weighted by molar-refractivity contribution is 7.99. The monoisotopic (exact) mass is 348 g/mol. The zero-order valence-corrected chi connectivity index (χ0v) is 15.0. The van der Waals surface area contributed by atoms with Crippen molar-refractivity contribution in [2.45, 2.75) is 20.4 Å². The summed E-state index contributed by atoms with van der Waals surface area (Å²) >= 11 is 1.62. The molecule has 0 aliphatic heterocycles. The number of hydrogen-bond acceptors (Lipinski definition) is 5. The van der Waals surface area contributed by atoms with Gasteiger partial charge in [0.1, 0.15) is 5.82 Å². The molecular formula is C17H24N4O2S. The van der Waals surface area contributed by atoms with Gasteiger partial charge in [0, 0.05) is 12.3 Å². The molecule has 1 aromatic carbocycles. The number of aromatic nitrogens is 2. The zero-order chi connectivity index (χ0) is 17.4. The number of amides is 1. The van der Waals surface area contributed by atoms with Gasteiger partial charge in [0.2, 0.25) is 5.91 Å². The van der Waals surface area contributed by atoms with Crippen LogP contribution in [0.1, 0.15) is 19.7 Å². The van der Waals surface area contributed by atoms with Gasteiger partial charge in [0.25, 0.3) is 5.56 Å². The van der Waals surface area contributed by atoms with Crippen molar-refractivity contribution < 1.29 is 4.79 Å². The summed E-state index contributed by atoms with van der Waals surface area (Å²) in [6.45, 7) is 7.56. The van der Waals surface area contributed by atoms with Crippen LogP contribution in [0.2, 0.25) is 0 Å². The summed E-state index contributed by atoms with van der Waals surface area (Å²) in [6, 6.07) is 7.16. The number of H-pyrrole nitrogens is 1. The molecule has 130 valence electrons. The first-order chi connectivity index (χ1) is 11.6. The third kappa shape index (κ3) is 5.35. The van der Waals surface area contributed by atoms with E-state index >= 15 is 0 Å². The van der Waals surface area contributed by atoms with E-state index in [0.717, 1.165) is 25.4 Å². The molecule has 0 aliphatic rings. The highest BCUT2D eigenvalue weighted by atomic mass is 32.2. The smallest absolute Gasteiger partial charge is 0.258 e. The number of thioether (sulfide) groups is 1. The van der Waals surface area contributed by atoms with E-state index in [1.807, 2.05) is 6.07 Å². The summed E-state index contributed by atoms with van der Waals surface area (Å²) in [5, 5.41) is 3.36. The third-order valence-electron chi connectivity index (χ3n) is 3.79. The molecule has 2 rings (SSSR count). The van der Waals surface area contributed by atoms with Crippen LogP contribution in [0.15, 0.2) is 29.1 Å². The van der Waals surface area contributed by atoms with E-state index in [2.05, 4.69) is 34.0 Å². The number of fused-ring (bicyclic) bond motifs is 1. The van der Waals surface area contributed by atoms with Crippen molar-refractivity contribution in [3.63, 3.8) is 0 Å². The van der Waals surface area contributed by atoms with Crippen LogP contribution in [0.4, 0.5) is 0 Å². The Balaban J connectivity index is 1.79. The van der Waals surface area contributed by atoms with E-state index in [1.54, 1.807) is 30.0 Å². The van der Waals surface area contributed by atoms with E-state index in [9.17, 15) is 9.59 Å². The number of aromatic amines is 1. The average molecular weight is 348 g/mol. The van der Waals surface area contributed by atoms with E-state index < -0.39 is 0 Å². The predicted molar refractivity (Wildman–Crippen MR) is 99.3 cm³/mol. The normalized spacial score (nSPS) is 11.1. The molecule has 1 aromatic heterocycles. The number of benzene rings is 1. The molecule has 0 bridgehead atoms. The Morgan fingerprint density at radius 2 is 2.04 bits per heavy atom. The van der Waals surface area contributed by atoms with Gasteiger partial charge in [-0.2, -0.15) is 11.8 Å². The van der Waals surface area contributed by atoms with E-state index in [1.165, 1.54) is 0 Å². The Morgan fingerprint density at radius 3 is 2.79 bits per heavy atom. The number of nitrogens with one attached hydrogen (secondary N) is 2. The fraction of sp³-hybridized carbons (Fsp3) is 0.471. The van der Waals surface area contributed by atoms with Crippen molar-refractivity contribution in [3.05, 3.63) is 40.4 Å². The lowest BCUT2D eigenvalue weighted by Gasteiger charge is -2.17. The highest BCUT2D eigenvalue weighted by Crippen LogP contribution is 2.05. The quantitative estimate of drug-likeness (QED) is 0.673. The summed E-state index contributed by atoms with van der Waals surface area (Å²) < 4.78 is 0. The third-order valence-corrected chi connectivity index (χ3v) is 4.73. The minimum absolute atomic E-state index is 0.0460. The molecule has 0 radical (unpaired) electrons. The van der Waals surface area contributed by atoms with Crippen LogP contribution >= 0.6 is 11.8 Å². The largest absolute Gasteiger partial charge is 0.348 e. The van der Waals surface area contributed by atoms with E-state index in [0.29, 0.717) is 22.5 Å². The molecule has 0 fully saturated rings. The van der Waals surface area contributed by atoms with Crippen LogP contribution in [-0.4, -0.2) is 51.9 Å². The fourth-order valence-corrected chi connectivity index (χ4v) is 3.17. The Morgan fingerprint density at radius 1 is 1.29 bits per heavy atom. The molecule has 6 nitrogen and oxygen atoms in total. The molecule has 0 saturated heterocycles. The highest BCUT2D eigenvalue weighted by Gasteiger charge is 2.06. The van der Waals surface area contributed by atoms with Crippen LogP contribution in [0.3, 0.4) is 0 Å². The van der Waals surface area contributed by atoms with Gasteiger partial charge < -0.3 is 15.2 Å². The van der Waals surface area contributed by atoms with Gasteiger partial charge in [-0.25, -0.2) is 4.98 Å². The lowest BCUT2D eigenvalue weighted by Crippen LogP contribution is -2.28. The topological polar surface area (TPSA) is 78.1 Å². The SMILES string of the molecule is CCN(CC)CCSCC(=O)NCc1nc2ccccc2c(=O)[nH]1. The molecular weight excluding hydrogens is 324 g/mol. The van der Waals surface area contributed by atoms with Crippen molar-refractivity contribution in [1.82, 2.24) is 20.2 Å². The maximum atomic E-state index is 12.0. The number of nitrogens with zero attached hydrogens (tertiary/aromatic N) is 2. The van der Waals surface area contributed by atoms with Crippen LogP contribution in [0.5, 0.6) is 0 Å². The maximum absolute atomic E-state index is 12.0. The van der Waals surface area contributed by atoms with Crippen molar-refractivity contribution >= 4 is 28.6 Å². The first kappa shape index (κ1) is 18.5. The molecule has 0 saturated carbocycles. The molecule has 1 heterocycles. The minimum Gasteiger partial charge on any atom is -0.348 e. The van der Waals surface area contributed by atoms with E-state index in [-0.39, 0.29) is 18.0 Å². The van der Waals surface area contributed by atoms with Crippen molar-refractivity contribution in [3.8, 4) is 0 Å². The molecule has 0 unspecified atom stereocenters. The van der Waals surface area contributed by atoms with Gasteiger partial charge in [0.15, 0.2) is 0 Å². The van der Waals surface area contributed by atoms with Gasteiger partial charge in [0.05, 0.1) is 23.2 Å². The summed E-state index contributed by atoms with van der Waals surface area (Å²) in [6.07, 6.45) is 0. The van der Waals surface area contributed by atoms with Gasteiger partial charge in [-0.15, -0.1) is 0 Å². The number of rotatable bonds is 9. The Hall–Kier alpha value is -1.86. The van der Waals surface area contributed by atoms with Crippen LogP contribution in [-0.2, 0) is 11.3 Å². The molecule has 0 atom stereocenters. The predicted octanol–water partition coefficient (Wildman–Crippen LogP) is 1.61. The number of carbonyl (C=O) groups is 1. The minimum atomic E-state index is -0.182. The zero-order valence-electron chi connectivity index (χ0n) is 14.2. The average Bonchev–Trinajstić information content (AvgIpc) is 2.60. The van der Waals surface area contributed by atoms with Crippen molar-refractivity contribution in [1.29, 1.82) is 0 Å². The van der Waals surface area contributed by atoms with Crippen LogP contribution < -0.4 is 10.9 Å². The van der Waals surface area contributed by atoms with Crippen LogP contribution in [0, 0.1) is 0 Å². The number of para-hydroxylation sites is 1. The lowest BCUT2D eigenvalue weighted by atomic mass is 10.2. The first-order valence-electron chi connectivity index (χ1n) is 8.18. The van der Waals surface area contributed by atoms with Crippen molar-refractivity contribution in [2.24, 2.45) is 0 Å². The fourth-order valence-electron chi connectivity index (χ4n) is 2.35. The Kier molecular flexibility index (Phi) is 7.27. The molecule has 7 heteroatoms. The van der Waals surface area contributed by atoms with Gasteiger partial charge in [-0.3, -0.25) is 9.59 Å². The molecule has 24 heavy (non-hydrogen) atoms. The molecule has 0 spiro atoms. The van der Waals surface area contributed by atoms with Gasteiger partial charge in [-0.05, 0) is 25.2 Å². The Bertz CT molecular complexity index is 728. The molecule has 2 N–H and O–H groups in total. The standard InChI is InChI=1S/C17H24N4O2S/c1-3-21(4-2)9-10-24-12-16(22)18-11-15-19-14-8-6-5-7-13(14)17(23)20-15/h5-8H,3-4,9-12H2,1-2H3,(H,18,22)(H,19,20,23). The van der Waals surface area contributed by atoms with E-state index in [4.69, 9.17) is 0 Å². The van der Waals surface area contributed by atoms with Crippen molar-refractivity contribution in [2.75, 3.05) is 31.1 Å². The summed E-state index contributed by atoms with van der Waals surface area (Å²) in [5.41, 5.74) is 0.456. The summed E-state index contributed by atoms with van der Waals surface area (Å²) in [5.74, 6) is 1.77. The lowest BCUT2D eigenvalue weighted by molar-refractivity contribution is -0.118. The second-order valence-corrected chi connectivity index (χ2v) is 6.49. The second-order valence-electron chi connectivity index (χ2n) is 5.39. The molecule has 2 aromatic rings. The number of carbonyl (C=O) groups excluding carboxylic acids is 1.